The zero-order valence-corrected chi connectivity index (χ0v) is 16.2. The molecule has 1 aliphatic carbocycles. The molecular weight excluding hydrogens is 393 g/mol. The zero-order chi connectivity index (χ0) is 19.7. The van der Waals surface area contributed by atoms with E-state index in [1.165, 1.54) is 12.1 Å². The summed E-state index contributed by atoms with van der Waals surface area (Å²) in [6.45, 7) is 1.50. The molecule has 2 atom stereocenters. The molecule has 144 valence electrons. The lowest BCUT2D eigenvalue weighted by Crippen LogP contribution is -2.50. The Kier molecular flexibility index (Phi) is 5.72. The Labute approximate surface area is 166 Å². The van der Waals surface area contributed by atoms with Crippen LogP contribution in [-0.4, -0.2) is 41.2 Å². The van der Waals surface area contributed by atoms with Gasteiger partial charge < -0.3 is 5.32 Å². The maximum absolute atomic E-state index is 12.4. The molecule has 1 heterocycles. The normalized spacial score (nSPS) is 21.8. The van der Waals surface area contributed by atoms with Gasteiger partial charge in [0.2, 0.25) is 5.91 Å². The number of carbonyl (C=O) groups is 4. The third kappa shape index (κ3) is 4.09. The van der Waals surface area contributed by atoms with Crippen LogP contribution in [0.3, 0.4) is 0 Å². The molecular formula is C18H19Cl2N3O4. The number of hydrogen-bond donors (Lipinski definition) is 2. The van der Waals surface area contributed by atoms with Gasteiger partial charge in [0.1, 0.15) is 6.54 Å². The van der Waals surface area contributed by atoms with Gasteiger partial charge in [-0.15, -0.1) is 0 Å². The Morgan fingerprint density at radius 3 is 2.19 bits per heavy atom. The van der Waals surface area contributed by atoms with Crippen molar-refractivity contribution >= 4 is 47.0 Å². The van der Waals surface area contributed by atoms with E-state index in [0.717, 1.165) is 30.6 Å². The highest BCUT2D eigenvalue weighted by Gasteiger charge is 2.37. The lowest BCUT2D eigenvalue weighted by atomic mass is 9.86. The van der Waals surface area contributed by atoms with Crippen LogP contribution >= 0.6 is 23.2 Å². The lowest BCUT2D eigenvalue weighted by Gasteiger charge is -2.29. The number of halogens is 2. The summed E-state index contributed by atoms with van der Waals surface area (Å²) in [4.78, 5) is 49.7. The van der Waals surface area contributed by atoms with Gasteiger partial charge in [-0.3, -0.25) is 24.6 Å². The maximum atomic E-state index is 12.4. The fourth-order valence-electron chi connectivity index (χ4n) is 3.47. The first-order valence-corrected chi connectivity index (χ1v) is 9.49. The minimum atomic E-state index is -0.748. The van der Waals surface area contributed by atoms with Crippen molar-refractivity contribution in [2.24, 2.45) is 5.92 Å². The van der Waals surface area contributed by atoms with Crippen LogP contribution in [-0.2, 0) is 4.79 Å². The monoisotopic (exact) mass is 411 g/mol. The molecule has 7 nitrogen and oxygen atoms in total. The smallest absolute Gasteiger partial charge is 0.321 e. The van der Waals surface area contributed by atoms with Crippen molar-refractivity contribution in [3.05, 3.63) is 33.3 Å². The first-order chi connectivity index (χ1) is 12.8. The second-order valence-corrected chi connectivity index (χ2v) is 7.71. The lowest BCUT2D eigenvalue weighted by molar-refractivity contribution is -0.120. The molecule has 1 aromatic rings. The van der Waals surface area contributed by atoms with Gasteiger partial charge >= 0.3 is 6.03 Å². The van der Waals surface area contributed by atoms with Crippen molar-refractivity contribution in [2.75, 3.05) is 6.54 Å². The Balaban J connectivity index is 1.60. The van der Waals surface area contributed by atoms with Gasteiger partial charge in [0, 0.05) is 6.04 Å². The Morgan fingerprint density at radius 2 is 1.63 bits per heavy atom. The second-order valence-electron chi connectivity index (χ2n) is 6.90. The number of hydrogen-bond acceptors (Lipinski definition) is 4. The summed E-state index contributed by atoms with van der Waals surface area (Å²) in [5.41, 5.74) is 0.172. The Morgan fingerprint density at radius 1 is 1.07 bits per heavy atom. The highest BCUT2D eigenvalue weighted by molar-refractivity contribution is 6.43. The summed E-state index contributed by atoms with van der Waals surface area (Å²) >= 11 is 11.8. The molecule has 0 radical (unpaired) electrons. The average molecular weight is 412 g/mol. The van der Waals surface area contributed by atoms with Gasteiger partial charge in [0.25, 0.3) is 11.8 Å². The maximum Gasteiger partial charge on any atom is 0.321 e. The summed E-state index contributed by atoms with van der Waals surface area (Å²) in [6, 6.07) is 1.99. The molecule has 0 spiro atoms. The van der Waals surface area contributed by atoms with E-state index in [-0.39, 0.29) is 27.2 Å². The van der Waals surface area contributed by atoms with Gasteiger partial charge in [-0.25, -0.2) is 4.79 Å². The van der Waals surface area contributed by atoms with E-state index in [1.807, 2.05) is 0 Å². The topological polar surface area (TPSA) is 95.6 Å². The number of carbonyl (C=O) groups excluding carboxylic acids is 4. The third-order valence-electron chi connectivity index (χ3n) is 4.99. The van der Waals surface area contributed by atoms with Gasteiger partial charge in [-0.2, -0.15) is 0 Å². The van der Waals surface area contributed by atoms with Crippen LogP contribution < -0.4 is 10.6 Å². The highest BCUT2D eigenvalue weighted by atomic mass is 35.5. The number of rotatable bonds is 3. The molecule has 0 aromatic heterocycles. The predicted molar refractivity (Wildman–Crippen MR) is 99.9 cm³/mol. The summed E-state index contributed by atoms with van der Waals surface area (Å²) in [5.74, 6) is -1.71. The largest absolute Gasteiger partial charge is 0.335 e. The first-order valence-electron chi connectivity index (χ1n) is 8.73. The van der Waals surface area contributed by atoms with E-state index >= 15 is 0 Å². The predicted octanol–water partition coefficient (Wildman–Crippen LogP) is 2.99. The average Bonchev–Trinajstić information content (AvgIpc) is 2.82. The third-order valence-corrected chi connectivity index (χ3v) is 5.72. The molecule has 9 heteroatoms. The van der Waals surface area contributed by atoms with Crippen molar-refractivity contribution in [1.29, 1.82) is 0 Å². The van der Waals surface area contributed by atoms with Crippen LogP contribution in [0.5, 0.6) is 0 Å². The number of nitrogens with zero attached hydrogens (tertiary/aromatic N) is 1. The minimum Gasteiger partial charge on any atom is -0.335 e. The minimum absolute atomic E-state index is 0.00939. The number of imide groups is 2. The zero-order valence-electron chi connectivity index (χ0n) is 14.7. The van der Waals surface area contributed by atoms with Crippen molar-refractivity contribution in [1.82, 2.24) is 15.5 Å². The fraction of sp³-hybridized carbons (Fsp3) is 0.444. The molecule has 1 saturated carbocycles. The quantitative estimate of drug-likeness (QED) is 0.747. The van der Waals surface area contributed by atoms with Gasteiger partial charge in [0.15, 0.2) is 0 Å². The van der Waals surface area contributed by atoms with E-state index < -0.39 is 30.3 Å². The number of fused-ring (bicyclic) bond motifs is 1. The van der Waals surface area contributed by atoms with E-state index in [4.69, 9.17) is 23.2 Å². The van der Waals surface area contributed by atoms with Crippen LogP contribution in [0.25, 0.3) is 0 Å². The molecule has 0 bridgehead atoms. The molecule has 3 rings (SSSR count). The van der Waals surface area contributed by atoms with E-state index in [1.54, 1.807) is 0 Å². The van der Waals surface area contributed by atoms with Crippen molar-refractivity contribution in [3.63, 3.8) is 0 Å². The molecule has 1 fully saturated rings. The Hall–Kier alpha value is -2.12. The van der Waals surface area contributed by atoms with Crippen LogP contribution in [0.15, 0.2) is 12.1 Å². The summed E-state index contributed by atoms with van der Waals surface area (Å²) < 4.78 is 0. The molecule has 2 N–H and O–H groups in total. The standard InChI is InChI=1S/C18H19Cl2N3O4/c1-9-4-2-3-5-14(9)21-18(27)22-15(24)8-23-16(25)10-6-12(19)13(20)7-11(10)17(23)26/h6-7,9,14H,2-5,8H2,1H3,(H2,21,22,24,27)/t9-,14-/m1/s1. The number of nitrogens with one attached hydrogen (secondary N) is 2. The summed E-state index contributed by atoms with van der Waals surface area (Å²) in [7, 11) is 0. The van der Waals surface area contributed by atoms with Gasteiger partial charge in [0.05, 0.1) is 21.2 Å². The van der Waals surface area contributed by atoms with Crippen molar-refractivity contribution in [2.45, 2.75) is 38.6 Å². The van der Waals surface area contributed by atoms with Crippen LogP contribution in [0.4, 0.5) is 4.79 Å². The highest BCUT2D eigenvalue weighted by Crippen LogP contribution is 2.31. The van der Waals surface area contributed by atoms with Crippen LogP contribution in [0.1, 0.15) is 53.3 Å². The molecule has 0 saturated heterocycles. The molecule has 2 aliphatic rings. The van der Waals surface area contributed by atoms with Gasteiger partial charge in [-0.05, 0) is 30.9 Å². The fourth-order valence-corrected chi connectivity index (χ4v) is 3.80. The number of benzene rings is 1. The molecule has 0 unspecified atom stereocenters. The molecule has 5 amide bonds. The van der Waals surface area contributed by atoms with Gasteiger partial charge in [-0.1, -0.05) is 43.0 Å². The van der Waals surface area contributed by atoms with Crippen LogP contribution in [0.2, 0.25) is 10.0 Å². The van der Waals surface area contributed by atoms with Crippen LogP contribution in [0, 0.1) is 5.92 Å². The molecule has 1 aliphatic heterocycles. The first kappa shape index (κ1) is 19.6. The second kappa shape index (κ2) is 7.86. The van der Waals surface area contributed by atoms with E-state index in [0.29, 0.717) is 5.92 Å². The van der Waals surface area contributed by atoms with E-state index in [2.05, 4.69) is 17.6 Å². The number of urea groups is 1. The van der Waals surface area contributed by atoms with Crippen molar-refractivity contribution < 1.29 is 19.2 Å². The Bertz CT molecular complexity index is 786. The van der Waals surface area contributed by atoms with E-state index in [9.17, 15) is 19.2 Å². The van der Waals surface area contributed by atoms with Crippen molar-refractivity contribution in [3.8, 4) is 0 Å². The summed E-state index contributed by atoms with van der Waals surface area (Å²) in [6.07, 6.45) is 4.05. The molecule has 1 aromatic carbocycles. The number of amides is 5. The molecule has 27 heavy (non-hydrogen) atoms. The SMILES string of the molecule is C[C@@H]1CCCC[C@H]1NC(=O)NC(=O)CN1C(=O)c2cc(Cl)c(Cl)cc2C1=O. The summed E-state index contributed by atoms with van der Waals surface area (Å²) in [5, 5.41) is 5.25.